The summed E-state index contributed by atoms with van der Waals surface area (Å²) in [5, 5.41) is 3.26. The van der Waals surface area contributed by atoms with Gasteiger partial charge in [0.25, 0.3) is 0 Å². The van der Waals surface area contributed by atoms with Crippen molar-refractivity contribution in [2.75, 3.05) is 46.4 Å². The minimum absolute atomic E-state index is 0. The van der Waals surface area contributed by atoms with Crippen LogP contribution < -0.4 is 10.0 Å². The zero-order valence-electron chi connectivity index (χ0n) is 17.2. The second-order valence-electron chi connectivity index (χ2n) is 7.01. The van der Waals surface area contributed by atoms with Crippen LogP contribution in [0, 0.1) is 19.8 Å². The van der Waals surface area contributed by atoms with Crippen LogP contribution in [0.4, 0.5) is 0 Å². The van der Waals surface area contributed by atoms with Gasteiger partial charge >= 0.3 is 0 Å². The highest BCUT2D eigenvalue weighted by Crippen LogP contribution is 2.16. The van der Waals surface area contributed by atoms with E-state index in [9.17, 15) is 8.42 Å². The SMILES string of the molecule is CCNC(=NCCNS(=O)(=O)c1cc(C)ccc1C)N(C)CC1CCOC1.I. The topological polar surface area (TPSA) is 83.0 Å². The second-order valence-corrected chi connectivity index (χ2v) is 8.75. The minimum Gasteiger partial charge on any atom is -0.381 e. The van der Waals surface area contributed by atoms with Gasteiger partial charge in [-0.3, -0.25) is 4.99 Å². The van der Waals surface area contributed by atoms with Crippen molar-refractivity contribution >= 4 is 40.0 Å². The van der Waals surface area contributed by atoms with Gasteiger partial charge in [0.2, 0.25) is 10.0 Å². The molecule has 2 N–H and O–H groups in total. The Labute approximate surface area is 186 Å². The molecule has 1 aliphatic heterocycles. The van der Waals surface area contributed by atoms with Crippen LogP contribution in [0.25, 0.3) is 0 Å². The maximum atomic E-state index is 12.5. The molecule has 1 atom stereocenters. The van der Waals surface area contributed by atoms with Crippen LogP contribution in [0.2, 0.25) is 0 Å². The van der Waals surface area contributed by atoms with Crippen molar-refractivity contribution in [3.05, 3.63) is 29.3 Å². The van der Waals surface area contributed by atoms with E-state index in [1.54, 1.807) is 13.0 Å². The highest BCUT2D eigenvalue weighted by molar-refractivity contribution is 14.0. The van der Waals surface area contributed by atoms with Gasteiger partial charge < -0.3 is 15.0 Å². The lowest BCUT2D eigenvalue weighted by Crippen LogP contribution is -2.42. The van der Waals surface area contributed by atoms with Crippen LogP contribution >= 0.6 is 24.0 Å². The van der Waals surface area contributed by atoms with Crippen LogP contribution in [0.1, 0.15) is 24.5 Å². The minimum atomic E-state index is -3.53. The standard InChI is InChI=1S/C19H32N4O3S.HI/c1-5-20-19(23(4)13-17-8-11-26-14-17)21-9-10-22-27(24,25)18-12-15(2)6-7-16(18)3;/h6-7,12,17,22H,5,8-11,13-14H2,1-4H3,(H,20,21);1H. The van der Waals surface area contributed by atoms with E-state index in [2.05, 4.69) is 19.9 Å². The molecule has 1 fully saturated rings. The average molecular weight is 524 g/mol. The van der Waals surface area contributed by atoms with E-state index in [1.807, 2.05) is 33.0 Å². The molecule has 0 saturated carbocycles. The van der Waals surface area contributed by atoms with E-state index in [-0.39, 0.29) is 30.5 Å². The lowest BCUT2D eigenvalue weighted by molar-refractivity contribution is 0.181. The molecule has 0 aromatic heterocycles. The van der Waals surface area contributed by atoms with Crippen LogP contribution in [-0.2, 0) is 14.8 Å². The Morgan fingerprint density at radius 1 is 1.36 bits per heavy atom. The lowest BCUT2D eigenvalue weighted by Gasteiger charge is -2.24. The third-order valence-corrected chi connectivity index (χ3v) is 6.15. The van der Waals surface area contributed by atoms with Crippen molar-refractivity contribution in [1.82, 2.24) is 14.9 Å². The molecule has 28 heavy (non-hydrogen) atoms. The molecule has 0 bridgehead atoms. The largest absolute Gasteiger partial charge is 0.381 e. The molecular weight excluding hydrogens is 491 g/mol. The molecule has 160 valence electrons. The van der Waals surface area contributed by atoms with Gasteiger partial charge in [0.15, 0.2) is 5.96 Å². The first kappa shape index (κ1) is 25.1. The van der Waals surface area contributed by atoms with Crippen molar-refractivity contribution in [3.63, 3.8) is 0 Å². The maximum absolute atomic E-state index is 12.5. The molecule has 1 saturated heterocycles. The van der Waals surface area contributed by atoms with Gasteiger partial charge in [0.05, 0.1) is 18.0 Å². The smallest absolute Gasteiger partial charge is 0.240 e. The number of halogens is 1. The number of nitrogens with zero attached hydrogens (tertiary/aromatic N) is 2. The first-order valence-corrected chi connectivity index (χ1v) is 11.0. The monoisotopic (exact) mass is 524 g/mol. The second kappa shape index (κ2) is 11.9. The Morgan fingerprint density at radius 3 is 2.75 bits per heavy atom. The predicted octanol–water partition coefficient (Wildman–Crippen LogP) is 2.13. The Kier molecular flexibility index (Phi) is 10.7. The fourth-order valence-electron chi connectivity index (χ4n) is 3.09. The molecule has 2 rings (SSSR count). The van der Waals surface area contributed by atoms with Crippen molar-refractivity contribution in [1.29, 1.82) is 0 Å². The van der Waals surface area contributed by atoms with Gasteiger partial charge in [-0.1, -0.05) is 12.1 Å². The zero-order valence-corrected chi connectivity index (χ0v) is 20.3. The average Bonchev–Trinajstić information content (AvgIpc) is 3.12. The Morgan fingerprint density at radius 2 is 2.11 bits per heavy atom. The van der Waals surface area contributed by atoms with Crippen LogP contribution in [0.3, 0.4) is 0 Å². The Hall–Kier alpha value is -0.910. The Bertz CT molecular complexity index is 750. The van der Waals surface area contributed by atoms with Gasteiger partial charge in [-0.2, -0.15) is 0 Å². The van der Waals surface area contributed by atoms with E-state index >= 15 is 0 Å². The quantitative estimate of drug-likeness (QED) is 0.236. The van der Waals surface area contributed by atoms with E-state index in [0.29, 0.717) is 17.4 Å². The molecule has 0 spiro atoms. The molecule has 0 aliphatic carbocycles. The van der Waals surface area contributed by atoms with Crippen molar-refractivity contribution < 1.29 is 13.2 Å². The molecule has 7 nitrogen and oxygen atoms in total. The van der Waals surface area contributed by atoms with Gasteiger partial charge in [0, 0.05) is 39.2 Å². The number of nitrogens with one attached hydrogen (secondary N) is 2. The molecule has 1 aromatic rings. The van der Waals surface area contributed by atoms with E-state index in [1.165, 1.54) is 0 Å². The van der Waals surface area contributed by atoms with Crippen LogP contribution in [0.5, 0.6) is 0 Å². The summed E-state index contributed by atoms with van der Waals surface area (Å²) in [6, 6.07) is 5.43. The molecule has 0 amide bonds. The number of hydrogen-bond acceptors (Lipinski definition) is 4. The molecule has 0 radical (unpaired) electrons. The fraction of sp³-hybridized carbons (Fsp3) is 0.632. The van der Waals surface area contributed by atoms with Gasteiger partial charge in [-0.25, -0.2) is 13.1 Å². The molecule has 1 unspecified atom stereocenters. The molecular formula is C19H33IN4O3S. The summed E-state index contributed by atoms with van der Waals surface area (Å²) in [5.74, 6) is 1.30. The highest BCUT2D eigenvalue weighted by Gasteiger charge is 2.19. The van der Waals surface area contributed by atoms with E-state index in [4.69, 9.17) is 4.74 Å². The summed E-state index contributed by atoms with van der Waals surface area (Å²) in [7, 11) is -1.53. The lowest BCUT2D eigenvalue weighted by atomic mass is 10.1. The summed E-state index contributed by atoms with van der Waals surface area (Å²) < 4.78 is 33.2. The van der Waals surface area contributed by atoms with Gasteiger partial charge in [-0.05, 0) is 44.4 Å². The van der Waals surface area contributed by atoms with Gasteiger partial charge in [-0.15, -0.1) is 24.0 Å². The van der Waals surface area contributed by atoms with Gasteiger partial charge in [0.1, 0.15) is 0 Å². The maximum Gasteiger partial charge on any atom is 0.240 e. The number of guanidine groups is 1. The first-order valence-electron chi connectivity index (χ1n) is 9.47. The number of aliphatic imine (C=N–C) groups is 1. The fourth-order valence-corrected chi connectivity index (χ4v) is 4.44. The number of hydrogen-bond donors (Lipinski definition) is 2. The first-order chi connectivity index (χ1) is 12.8. The van der Waals surface area contributed by atoms with E-state index < -0.39 is 10.0 Å². The highest BCUT2D eigenvalue weighted by atomic mass is 127. The normalized spacial score (nSPS) is 17.3. The molecule has 9 heteroatoms. The summed E-state index contributed by atoms with van der Waals surface area (Å²) in [5.41, 5.74) is 1.66. The number of benzene rings is 1. The third-order valence-electron chi connectivity index (χ3n) is 4.55. The predicted molar refractivity (Wildman–Crippen MR) is 124 cm³/mol. The number of ether oxygens (including phenoxy) is 1. The van der Waals surface area contributed by atoms with Crippen molar-refractivity contribution in [3.8, 4) is 0 Å². The molecule has 1 aromatic carbocycles. The molecule has 1 aliphatic rings. The Balaban J connectivity index is 0.00000392. The zero-order chi connectivity index (χ0) is 19.9. The van der Waals surface area contributed by atoms with Crippen molar-refractivity contribution in [2.45, 2.75) is 32.1 Å². The van der Waals surface area contributed by atoms with Crippen LogP contribution in [0.15, 0.2) is 28.1 Å². The number of sulfonamides is 1. The number of aryl methyl sites for hydroxylation is 2. The summed E-state index contributed by atoms with van der Waals surface area (Å²) in [6.07, 6.45) is 1.07. The summed E-state index contributed by atoms with van der Waals surface area (Å²) in [4.78, 5) is 6.97. The van der Waals surface area contributed by atoms with Crippen molar-refractivity contribution in [2.24, 2.45) is 10.9 Å². The van der Waals surface area contributed by atoms with Crippen LogP contribution in [-0.4, -0.2) is 65.7 Å². The third kappa shape index (κ3) is 7.49. The summed E-state index contributed by atoms with van der Waals surface area (Å²) >= 11 is 0. The number of rotatable bonds is 8. The van der Waals surface area contributed by atoms with E-state index in [0.717, 1.165) is 49.8 Å². The summed E-state index contributed by atoms with van der Waals surface area (Å²) in [6.45, 7) is 9.59. The molecule has 1 heterocycles.